The standard InChI is InChI=1S/C13H17NOS/c1-13(2,8-15)12(14)10-7-16-11-6-4-3-5-9(10)11/h3-7,12,15H,8,14H2,1-2H3/t12-/m1/s1. The molecule has 1 aromatic heterocycles. The summed E-state index contributed by atoms with van der Waals surface area (Å²) in [5.74, 6) is 0. The van der Waals surface area contributed by atoms with Gasteiger partial charge in [0, 0.05) is 22.8 Å². The van der Waals surface area contributed by atoms with Gasteiger partial charge < -0.3 is 10.8 Å². The average Bonchev–Trinajstić information content (AvgIpc) is 2.71. The Morgan fingerprint density at radius 1 is 1.38 bits per heavy atom. The third kappa shape index (κ3) is 1.86. The molecule has 2 rings (SSSR count). The highest BCUT2D eigenvalue weighted by Gasteiger charge is 2.28. The van der Waals surface area contributed by atoms with Crippen LogP contribution >= 0.6 is 11.3 Å². The van der Waals surface area contributed by atoms with E-state index in [0.717, 1.165) is 5.56 Å². The van der Waals surface area contributed by atoms with Crippen molar-refractivity contribution in [3.63, 3.8) is 0 Å². The maximum absolute atomic E-state index is 9.36. The maximum atomic E-state index is 9.36. The summed E-state index contributed by atoms with van der Waals surface area (Å²) in [7, 11) is 0. The number of nitrogens with two attached hydrogens (primary N) is 1. The molecule has 1 aromatic carbocycles. The normalized spacial score (nSPS) is 14.2. The van der Waals surface area contributed by atoms with Crippen molar-refractivity contribution in [2.75, 3.05) is 6.61 Å². The molecule has 0 saturated carbocycles. The summed E-state index contributed by atoms with van der Waals surface area (Å²) in [4.78, 5) is 0. The zero-order valence-corrected chi connectivity index (χ0v) is 10.4. The summed E-state index contributed by atoms with van der Waals surface area (Å²) in [5, 5.41) is 12.7. The highest BCUT2D eigenvalue weighted by molar-refractivity contribution is 7.17. The van der Waals surface area contributed by atoms with E-state index in [4.69, 9.17) is 5.73 Å². The second-order valence-electron chi connectivity index (χ2n) is 4.81. The molecule has 3 heteroatoms. The number of fused-ring (bicyclic) bond motifs is 1. The van der Waals surface area contributed by atoms with Crippen molar-refractivity contribution in [1.82, 2.24) is 0 Å². The van der Waals surface area contributed by atoms with Crippen LogP contribution in [0.2, 0.25) is 0 Å². The first kappa shape index (κ1) is 11.6. The molecular formula is C13H17NOS. The molecule has 16 heavy (non-hydrogen) atoms. The Labute approximate surface area is 99.7 Å². The third-order valence-corrected chi connectivity index (χ3v) is 4.08. The van der Waals surface area contributed by atoms with Gasteiger partial charge in [-0.1, -0.05) is 32.0 Å². The lowest BCUT2D eigenvalue weighted by Gasteiger charge is -2.29. The summed E-state index contributed by atoms with van der Waals surface area (Å²) >= 11 is 1.71. The predicted molar refractivity (Wildman–Crippen MR) is 69.6 cm³/mol. The fraction of sp³-hybridized carbons (Fsp3) is 0.385. The van der Waals surface area contributed by atoms with Crippen LogP contribution in [-0.4, -0.2) is 11.7 Å². The first-order valence-corrected chi connectivity index (χ1v) is 6.27. The van der Waals surface area contributed by atoms with E-state index < -0.39 is 0 Å². The molecule has 0 aliphatic rings. The maximum Gasteiger partial charge on any atom is 0.0500 e. The van der Waals surface area contributed by atoms with Gasteiger partial charge in [-0.3, -0.25) is 0 Å². The van der Waals surface area contributed by atoms with E-state index in [1.807, 2.05) is 26.0 Å². The summed E-state index contributed by atoms with van der Waals surface area (Å²) in [6.07, 6.45) is 0. The Morgan fingerprint density at radius 3 is 2.75 bits per heavy atom. The monoisotopic (exact) mass is 235 g/mol. The number of benzene rings is 1. The van der Waals surface area contributed by atoms with E-state index in [2.05, 4.69) is 17.5 Å². The van der Waals surface area contributed by atoms with Crippen molar-refractivity contribution in [3.05, 3.63) is 35.2 Å². The molecule has 0 aliphatic carbocycles. The van der Waals surface area contributed by atoms with Crippen molar-refractivity contribution >= 4 is 21.4 Å². The van der Waals surface area contributed by atoms with Crippen LogP contribution in [0, 0.1) is 5.41 Å². The SMILES string of the molecule is CC(C)(CO)[C@H](N)c1csc2ccccc12. The van der Waals surface area contributed by atoms with E-state index in [1.54, 1.807) is 11.3 Å². The molecule has 2 aromatic rings. The minimum Gasteiger partial charge on any atom is -0.396 e. The quantitative estimate of drug-likeness (QED) is 0.859. The van der Waals surface area contributed by atoms with Crippen LogP contribution in [0.3, 0.4) is 0 Å². The lowest BCUT2D eigenvalue weighted by molar-refractivity contribution is 0.133. The number of thiophene rings is 1. The van der Waals surface area contributed by atoms with E-state index in [0.29, 0.717) is 0 Å². The first-order chi connectivity index (χ1) is 7.56. The van der Waals surface area contributed by atoms with E-state index in [1.165, 1.54) is 10.1 Å². The van der Waals surface area contributed by atoms with Crippen LogP contribution < -0.4 is 5.73 Å². The van der Waals surface area contributed by atoms with Crippen LogP contribution in [0.1, 0.15) is 25.5 Å². The van der Waals surface area contributed by atoms with Gasteiger partial charge in [0.25, 0.3) is 0 Å². The number of hydrogen-bond acceptors (Lipinski definition) is 3. The zero-order chi connectivity index (χ0) is 11.8. The molecule has 0 radical (unpaired) electrons. The molecule has 0 saturated heterocycles. The van der Waals surface area contributed by atoms with Crippen LogP contribution in [-0.2, 0) is 0 Å². The van der Waals surface area contributed by atoms with Crippen molar-refractivity contribution in [3.8, 4) is 0 Å². The van der Waals surface area contributed by atoms with Gasteiger partial charge in [-0.15, -0.1) is 11.3 Å². The predicted octanol–water partition coefficient (Wildman–Crippen LogP) is 2.92. The van der Waals surface area contributed by atoms with Gasteiger partial charge in [-0.25, -0.2) is 0 Å². The van der Waals surface area contributed by atoms with Gasteiger partial charge in [-0.2, -0.15) is 0 Å². The fourth-order valence-corrected chi connectivity index (χ4v) is 2.76. The second kappa shape index (κ2) is 4.17. The summed E-state index contributed by atoms with van der Waals surface area (Å²) in [6.45, 7) is 4.08. The molecule has 3 N–H and O–H groups in total. The highest BCUT2D eigenvalue weighted by atomic mass is 32.1. The molecule has 2 nitrogen and oxygen atoms in total. The lowest BCUT2D eigenvalue weighted by atomic mass is 9.82. The molecule has 0 unspecified atom stereocenters. The number of rotatable bonds is 3. The van der Waals surface area contributed by atoms with Crippen LogP contribution in [0.5, 0.6) is 0 Å². The Bertz CT molecular complexity index is 489. The zero-order valence-electron chi connectivity index (χ0n) is 9.60. The molecule has 0 bridgehead atoms. The lowest BCUT2D eigenvalue weighted by Crippen LogP contribution is -2.32. The molecule has 0 fully saturated rings. The summed E-state index contributed by atoms with van der Waals surface area (Å²) in [5.41, 5.74) is 7.09. The fourth-order valence-electron chi connectivity index (χ4n) is 1.76. The number of aliphatic hydroxyl groups is 1. The van der Waals surface area contributed by atoms with Crippen LogP contribution in [0.4, 0.5) is 0 Å². The summed E-state index contributed by atoms with van der Waals surface area (Å²) in [6, 6.07) is 8.12. The molecule has 1 atom stereocenters. The van der Waals surface area contributed by atoms with Gasteiger partial charge in [0.1, 0.15) is 0 Å². The Kier molecular flexibility index (Phi) is 3.02. The number of aliphatic hydroxyl groups excluding tert-OH is 1. The van der Waals surface area contributed by atoms with Crippen molar-refractivity contribution in [2.45, 2.75) is 19.9 Å². The molecule has 0 amide bonds. The molecule has 0 spiro atoms. The largest absolute Gasteiger partial charge is 0.396 e. The topological polar surface area (TPSA) is 46.2 Å². The Balaban J connectivity index is 2.48. The number of hydrogen-bond donors (Lipinski definition) is 2. The van der Waals surface area contributed by atoms with Crippen LogP contribution in [0.25, 0.3) is 10.1 Å². The minimum atomic E-state index is -0.288. The molecule has 86 valence electrons. The van der Waals surface area contributed by atoms with E-state index >= 15 is 0 Å². The van der Waals surface area contributed by atoms with Crippen molar-refractivity contribution in [1.29, 1.82) is 0 Å². The van der Waals surface area contributed by atoms with Gasteiger partial charge in [0.2, 0.25) is 0 Å². The van der Waals surface area contributed by atoms with Gasteiger partial charge in [-0.05, 0) is 22.4 Å². The van der Waals surface area contributed by atoms with Crippen molar-refractivity contribution < 1.29 is 5.11 Å². The third-order valence-electron chi connectivity index (χ3n) is 3.10. The Morgan fingerprint density at radius 2 is 2.06 bits per heavy atom. The van der Waals surface area contributed by atoms with Gasteiger partial charge >= 0.3 is 0 Å². The Hall–Kier alpha value is -0.900. The van der Waals surface area contributed by atoms with Crippen LogP contribution in [0.15, 0.2) is 29.6 Å². The smallest absolute Gasteiger partial charge is 0.0500 e. The second-order valence-corrected chi connectivity index (χ2v) is 5.72. The van der Waals surface area contributed by atoms with Gasteiger partial charge in [0.05, 0.1) is 0 Å². The molecule has 0 aliphatic heterocycles. The molecular weight excluding hydrogens is 218 g/mol. The van der Waals surface area contributed by atoms with Crippen molar-refractivity contribution in [2.24, 2.45) is 11.1 Å². The minimum absolute atomic E-state index is 0.0956. The highest BCUT2D eigenvalue weighted by Crippen LogP contribution is 2.37. The van der Waals surface area contributed by atoms with E-state index in [-0.39, 0.29) is 18.1 Å². The van der Waals surface area contributed by atoms with E-state index in [9.17, 15) is 5.11 Å². The summed E-state index contributed by atoms with van der Waals surface area (Å²) < 4.78 is 1.25. The van der Waals surface area contributed by atoms with Gasteiger partial charge in [0.15, 0.2) is 0 Å². The molecule has 1 heterocycles. The first-order valence-electron chi connectivity index (χ1n) is 5.39. The average molecular weight is 235 g/mol.